The van der Waals surface area contributed by atoms with Crippen molar-refractivity contribution in [1.82, 2.24) is 9.13 Å². The Labute approximate surface area is 431 Å². The second-order valence-corrected chi connectivity index (χ2v) is 19.3. The second kappa shape index (κ2) is 18.1. The fourth-order valence-corrected chi connectivity index (χ4v) is 11.2. The van der Waals surface area contributed by atoms with Gasteiger partial charge in [0.2, 0.25) is 0 Å². The first kappa shape index (κ1) is 43.1. The number of hydrogen-bond donors (Lipinski definition) is 0. The van der Waals surface area contributed by atoms with Crippen LogP contribution in [0.15, 0.2) is 291 Å². The zero-order valence-corrected chi connectivity index (χ0v) is 40.6. The molecule has 0 aliphatic rings. The van der Waals surface area contributed by atoms with E-state index in [9.17, 15) is 0 Å². The van der Waals surface area contributed by atoms with Gasteiger partial charge in [0, 0.05) is 32.9 Å². The Morgan fingerprint density at radius 1 is 0.149 bits per heavy atom. The second-order valence-electron chi connectivity index (χ2n) is 19.3. The molecule has 0 atom stereocenters. The van der Waals surface area contributed by atoms with E-state index in [1.54, 1.807) is 0 Å². The predicted octanol–water partition coefficient (Wildman–Crippen LogP) is 19.5. The smallest absolute Gasteiger partial charge is 0.0541 e. The van der Waals surface area contributed by atoms with Crippen molar-refractivity contribution in [1.29, 1.82) is 0 Å². The van der Waals surface area contributed by atoms with Gasteiger partial charge >= 0.3 is 0 Å². The van der Waals surface area contributed by atoms with E-state index in [1.165, 1.54) is 122 Å². The molecule has 0 unspecified atom stereocenters. The fraction of sp³-hybridized carbons (Fsp3) is 0. The normalized spacial score (nSPS) is 11.5. The first-order valence-electron chi connectivity index (χ1n) is 25.5. The minimum atomic E-state index is 1.14. The van der Waals surface area contributed by atoms with Crippen LogP contribution in [0, 0.1) is 0 Å². The number of nitrogens with zero attached hydrogens (tertiary/aromatic N) is 2. The van der Waals surface area contributed by atoms with Crippen molar-refractivity contribution in [3.05, 3.63) is 291 Å². The summed E-state index contributed by atoms with van der Waals surface area (Å²) >= 11 is 0. The summed E-state index contributed by atoms with van der Waals surface area (Å²) in [5.74, 6) is 0. The maximum atomic E-state index is 2.41. The number of fused-ring (bicyclic) bond motifs is 6. The zero-order valence-electron chi connectivity index (χ0n) is 40.6. The number of hydrogen-bond acceptors (Lipinski definition) is 0. The van der Waals surface area contributed by atoms with Crippen LogP contribution in [-0.2, 0) is 0 Å². The van der Waals surface area contributed by atoms with Crippen molar-refractivity contribution in [3.8, 4) is 89.3 Å². The van der Waals surface area contributed by atoms with Crippen molar-refractivity contribution in [2.45, 2.75) is 0 Å². The molecule has 0 aliphatic carbocycles. The molecule has 14 rings (SSSR count). The highest BCUT2D eigenvalue weighted by Crippen LogP contribution is 2.40. The number of para-hydroxylation sites is 2. The van der Waals surface area contributed by atoms with E-state index < -0.39 is 0 Å². The summed E-state index contributed by atoms with van der Waals surface area (Å²) in [5.41, 5.74) is 23.9. The van der Waals surface area contributed by atoms with Crippen LogP contribution in [0.2, 0.25) is 0 Å². The average molecular weight is 941 g/mol. The van der Waals surface area contributed by atoms with Gasteiger partial charge in [-0.2, -0.15) is 0 Å². The minimum absolute atomic E-state index is 1.14. The number of rotatable bonds is 9. The number of benzene rings is 12. The van der Waals surface area contributed by atoms with Gasteiger partial charge in [0.15, 0.2) is 0 Å². The molecule has 74 heavy (non-hydrogen) atoms. The summed E-state index contributed by atoms with van der Waals surface area (Å²) < 4.78 is 4.82. The van der Waals surface area contributed by atoms with Gasteiger partial charge in [0.25, 0.3) is 0 Å². The van der Waals surface area contributed by atoms with E-state index in [0.29, 0.717) is 0 Å². The lowest BCUT2D eigenvalue weighted by atomic mass is 9.94. The Bertz CT molecular complexity index is 4390. The Balaban J connectivity index is 0.743. The van der Waals surface area contributed by atoms with Gasteiger partial charge in [-0.3, -0.25) is 0 Å². The fourth-order valence-electron chi connectivity index (χ4n) is 11.2. The Hall–Kier alpha value is -9.76. The Kier molecular flexibility index (Phi) is 10.6. The van der Waals surface area contributed by atoms with Crippen LogP contribution < -0.4 is 0 Å². The van der Waals surface area contributed by atoms with E-state index in [0.717, 1.165) is 11.4 Å². The molecular formula is C72H48N2. The molecule has 346 valence electrons. The highest BCUT2D eigenvalue weighted by molar-refractivity contribution is 6.13. The highest BCUT2D eigenvalue weighted by Gasteiger charge is 2.17. The van der Waals surface area contributed by atoms with Crippen LogP contribution in [0.3, 0.4) is 0 Å². The third-order valence-corrected chi connectivity index (χ3v) is 14.9. The van der Waals surface area contributed by atoms with Gasteiger partial charge in [-0.1, -0.05) is 212 Å². The molecule has 14 aromatic rings. The van der Waals surface area contributed by atoms with Gasteiger partial charge in [0.1, 0.15) is 0 Å². The van der Waals surface area contributed by atoms with Crippen molar-refractivity contribution >= 4 is 43.6 Å². The van der Waals surface area contributed by atoms with Crippen LogP contribution in [0.4, 0.5) is 0 Å². The van der Waals surface area contributed by atoms with E-state index >= 15 is 0 Å². The van der Waals surface area contributed by atoms with Gasteiger partial charge in [-0.25, -0.2) is 0 Å². The molecule has 12 aromatic carbocycles. The van der Waals surface area contributed by atoms with Crippen LogP contribution in [0.1, 0.15) is 0 Å². The molecule has 2 nitrogen and oxygen atoms in total. The first-order chi connectivity index (χ1) is 36.7. The summed E-state index contributed by atoms with van der Waals surface area (Å²) in [6, 6.07) is 106. The molecule has 0 saturated heterocycles. The topological polar surface area (TPSA) is 9.86 Å². The molecule has 0 saturated carbocycles. The molecule has 0 radical (unpaired) electrons. The third kappa shape index (κ3) is 7.69. The molecular weight excluding hydrogens is 893 g/mol. The quantitative estimate of drug-likeness (QED) is 0.136. The van der Waals surface area contributed by atoms with E-state index in [1.807, 2.05) is 0 Å². The highest BCUT2D eigenvalue weighted by atomic mass is 15.0. The summed E-state index contributed by atoms with van der Waals surface area (Å²) in [6.45, 7) is 0. The molecule has 0 bridgehead atoms. The van der Waals surface area contributed by atoms with Gasteiger partial charge < -0.3 is 9.13 Å². The molecule has 0 fully saturated rings. The van der Waals surface area contributed by atoms with E-state index in [4.69, 9.17) is 0 Å². The minimum Gasteiger partial charge on any atom is -0.309 e. The largest absolute Gasteiger partial charge is 0.309 e. The van der Waals surface area contributed by atoms with Crippen LogP contribution in [-0.4, -0.2) is 9.13 Å². The Morgan fingerprint density at radius 2 is 0.432 bits per heavy atom. The first-order valence-corrected chi connectivity index (χ1v) is 25.5. The SMILES string of the molecule is c1ccc(-c2cccc(-c3cccc(-c4cccc(-c5ccc(-c6ccc(-n7c8ccccc8c8cc(-c9ccc%10c(c9)c9ccccc9n%10-c9cccc(-c%10ccccc%10)c9)ccc87)cc6)cc5)c4)c3)c2)cc1. The van der Waals surface area contributed by atoms with E-state index in [-0.39, 0.29) is 0 Å². The van der Waals surface area contributed by atoms with Crippen LogP contribution in [0.5, 0.6) is 0 Å². The molecule has 0 amide bonds. The van der Waals surface area contributed by atoms with Crippen molar-refractivity contribution in [2.75, 3.05) is 0 Å². The molecule has 2 aromatic heterocycles. The lowest BCUT2D eigenvalue weighted by Gasteiger charge is -2.11. The molecule has 2 heterocycles. The predicted molar refractivity (Wildman–Crippen MR) is 313 cm³/mol. The maximum Gasteiger partial charge on any atom is 0.0541 e. The van der Waals surface area contributed by atoms with Gasteiger partial charge in [-0.15, -0.1) is 0 Å². The molecule has 0 aliphatic heterocycles. The Morgan fingerprint density at radius 3 is 0.892 bits per heavy atom. The molecule has 0 spiro atoms. The summed E-state index contributed by atoms with van der Waals surface area (Å²) in [7, 11) is 0. The number of aromatic nitrogens is 2. The standard InChI is InChI=1S/C72H48N2/c1-3-15-49(16-4-1)54-19-11-21-56(43-54)58-23-13-24-59(45-58)57-22-12-20-55(44-57)53-33-31-51(32-34-53)52-35-39-63(40-36-52)73-69-29-9-7-27-65(69)67-47-61(37-41-71(67)73)62-38-42-72-68(48-62)66-28-8-10-30-70(66)74(72)64-26-14-25-60(46-64)50-17-5-2-6-18-50/h1-48H. The summed E-state index contributed by atoms with van der Waals surface area (Å²) in [4.78, 5) is 0. The maximum absolute atomic E-state index is 2.41. The van der Waals surface area contributed by atoms with Crippen molar-refractivity contribution < 1.29 is 0 Å². The lowest BCUT2D eigenvalue weighted by molar-refractivity contribution is 1.18. The molecule has 2 heteroatoms. The van der Waals surface area contributed by atoms with Crippen molar-refractivity contribution in [3.63, 3.8) is 0 Å². The summed E-state index contributed by atoms with van der Waals surface area (Å²) in [5, 5.41) is 4.97. The lowest BCUT2D eigenvalue weighted by Crippen LogP contribution is -1.94. The van der Waals surface area contributed by atoms with Crippen LogP contribution in [0.25, 0.3) is 133 Å². The third-order valence-electron chi connectivity index (χ3n) is 14.9. The molecule has 0 N–H and O–H groups in total. The summed E-state index contributed by atoms with van der Waals surface area (Å²) in [6.07, 6.45) is 0. The van der Waals surface area contributed by atoms with E-state index in [2.05, 4.69) is 300 Å². The van der Waals surface area contributed by atoms with Crippen LogP contribution >= 0.6 is 0 Å². The average Bonchev–Trinajstić information content (AvgIpc) is 4.02. The van der Waals surface area contributed by atoms with Crippen molar-refractivity contribution in [2.24, 2.45) is 0 Å². The van der Waals surface area contributed by atoms with Gasteiger partial charge in [-0.05, 0) is 157 Å². The van der Waals surface area contributed by atoms with Gasteiger partial charge in [0.05, 0.1) is 22.1 Å². The zero-order chi connectivity index (χ0) is 49.0. The monoisotopic (exact) mass is 940 g/mol.